The van der Waals surface area contributed by atoms with Gasteiger partial charge in [-0.3, -0.25) is 14.7 Å². The number of ether oxygens (including phenoxy) is 1. The van der Waals surface area contributed by atoms with E-state index in [-0.39, 0.29) is 11.7 Å². The molecular formula is C28H28ClF2N3O2. The predicted molar refractivity (Wildman–Crippen MR) is 134 cm³/mol. The van der Waals surface area contributed by atoms with Crippen molar-refractivity contribution in [2.24, 2.45) is 5.92 Å². The Morgan fingerprint density at radius 3 is 2.36 bits per heavy atom. The fourth-order valence-corrected chi connectivity index (χ4v) is 5.54. The Morgan fingerprint density at radius 2 is 1.67 bits per heavy atom. The van der Waals surface area contributed by atoms with Gasteiger partial charge in [-0.2, -0.15) is 8.78 Å². The zero-order valence-corrected chi connectivity index (χ0v) is 20.6. The van der Waals surface area contributed by atoms with E-state index in [0.717, 1.165) is 50.0 Å². The standard InChI is InChI=1S/C28H28ClF2N3O2/c29-25-15-22(13-19-7-11-33(12-8-19)16-21-5-9-32-10-6-21)14-23-18-34(27(35)26(23)25)17-20-1-3-24(4-2-20)36-28(30)31/h1-6,9-10,14-15,19,28H,7-8,11-13,16-18H2. The first kappa shape index (κ1) is 24.7. The number of hydrogen-bond donors (Lipinski definition) is 0. The van der Waals surface area contributed by atoms with Crippen LogP contribution in [0.25, 0.3) is 0 Å². The number of rotatable bonds is 8. The summed E-state index contributed by atoms with van der Waals surface area (Å²) in [5.41, 5.74) is 4.84. The van der Waals surface area contributed by atoms with Crippen LogP contribution in [0.3, 0.4) is 0 Å². The van der Waals surface area contributed by atoms with Gasteiger partial charge in [-0.1, -0.05) is 29.8 Å². The number of piperidine rings is 1. The van der Waals surface area contributed by atoms with Crippen LogP contribution in [-0.4, -0.2) is 40.4 Å². The van der Waals surface area contributed by atoms with Gasteiger partial charge in [0.05, 0.1) is 10.6 Å². The zero-order chi connectivity index (χ0) is 25.1. The fraction of sp³-hybridized carbons (Fsp3) is 0.357. The Balaban J connectivity index is 1.18. The third-order valence-corrected chi connectivity index (χ3v) is 7.30. The van der Waals surface area contributed by atoms with E-state index in [1.807, 2.05) is 18.5 Å². The van der Waals surface area contributed by atoms with E-state index in [9.17, 15) is 13.6 Å². The molecule has 0 aliphatic carbocycles. The molecule has 8 heteroatoms. The predicted octanol–water partition coefficient (Wildman–Crippen LogP) is 5.95. The Kier molecular flexibility index (Phi) is 7.48. The van der Waals surface area contributed by atoms with E-state index in [2.05, 4.69) is 32.8 Å². The summed E-state index contributed by atoms with van der Waals surface area (Å²) in [6.45, 7) is 1.10. The van der Waals surface area contributed by atoms with Crippen molar-refractivity contribution in [1.82, 2.24) is 14.8 Å². The van der Waals surface area contributed by atoms with Crippen LogP contribution in [0.4, 0.5) is 8.78 Å². The van der Waals surface area contributed by atoms with Crippen LogP contribution in [-0.2, 0) is 26.1 Å². The van der Waals surface area contributed by atoms with Gasteiger partial charge in [-0.15, -0.1) is 0 Å². The van der Waals surface area contributed by atoms with Crippen molar-refractivity contribution in [3.05, 3.63) is 93.8 Å². The molecule has 188 valence electrons. The summed E-state index contributed by atoms with van der Waals surface area (Å²) in [5, 5.41) is 0.505. The summed E-state index contributed by atoms with van der Waals surface area (Å²) in [6.07, 6.45) is 6.91. The molecule has 3 aromatic rings. The fourth-order valence-electron chi connectivity index (χ4n) is 5.20. The molecule has 5 rings (SSSR count). The van der Waals surface area contributed by atoms with Gasteiger partial charge in [-0.05, 0) is 90.9 Å². The molecule has 0 N–H and O–H groups in total. The monoisotopic (exact) mass is 511 g/mol. The summed E-state index contributed by atoms with van der Waals surface area (Å²) in [6, 6.07) is 14.6. The van der Waals surface area contributed by atoms with E-state index in [1.165, 1.54) is 23.3 Å². The number of fused-ring (bicyclic) bond motifs is 1. The lowest BCUT2D eigenvalue weighted by Crippen LogP contribution is -2.33. The minimum atomic E-state index is -2.86. The molecule has 3 heterocycles. The number of aromatic nitrogens is 1. The summed E-state index contributed by atoms with van der Waals surface area (Å²) in [5.74, 6) is 0.592. The normalized spacial score (nSPS) is 16.6. The largest absolute Gasteiger partial charge is 0.435 e. The number of nitrogens with zero attached hydrogens (tertiary/aromatic N) is 3. The van der Waals surface area contributed by atoms with Crippen molar-refractivity contribution in [3.8, 4) is 5.75 Å². The average molecular weight is 512 g/mol. The van der Waals surface area contributed by atoms with Crippen molar-refractivity contribution >= 4 is 17.5 Å². The molecule has 5 nitrogen and oxygen atoms in total. The highest BCUT2D eigenvalue weighted by Crippen LogP contribution is 2.33. The number of halogens is 3. The lowest BCUT2D eigenvalue weighted by molar-refractivity contribution is -0.0498. The third kappa shape index (κ3) is 5.85. The third-order valence-electron chi connectivity index (χ3n) is 7.00. The second-order valence-electron chi connectivity index (χ2n) is 9.57. The molecule has 2 aliphatic rings. The van der Waals surface area contributed by atoms with E-state index in [1.54, 1.807) is 17.0 Å². The van der Waals surface area contributed by atoms with Crippen molar-refractivity contribution in [3.63, 3.8) is 0 Å². The van der Waals surface area contributed by atoms with Crippen LogP contribution in [0, 0.1) is 5.92 Å². The highest BCUT2D eigenvalue weighted by Gasteiger charge is 2.31. The molecule has 1 saturated heterocycles. The van der Waals surface area contributed by atoms with Gasteiger partial charge in [0.15, 0.2) is 0 Å². The van der Waals surface area contributed by atoms with E-state index in [0.29, 0.717) is 29.6 Å². The van der Waals surface area contributed by atoms with Gasteiger partial charge in [0.1, 0.15) is 5.75 Å². The van der Waals surface area contributed by atoms with Crippen LogP contribution in [0.5, 0.6) is 5.75 Å². The van der Waals surface area contributed by atoms with Gasteiger partial charge in [0.2, 0.25) is 0 Å². The van der Waals surface area contributed by atoms with Crippen LogP contribution >= 0.6 is 11.6 Å². The summed E-state index contributed by atoms with van der Waals surface area (Å²) in [4.78, 5) is 21.3. The molecule has 0 spiro atoms. The van der Waals surface area contributed by atoms with Crippen molar-refractivity contribution in [1.29, 1.82) is 0 Å². The quantitative estimate of drug-likeness (QED) is 0.375. The van der Waals surface area contributed by atoms with Gasteiger partial charge < -0.3 is 9.64 Å². The maximum Gasteiger partial charge on any atom is 0.387 e. The Hall–Kier alpha value is -3.03. The topological polar surface area (TPSA) is 45.7 Å². The van der Waals surface area contributed by atoms with Crippen LogP contribution in [0.2, 0.25) is 5.02 Å². The molecule has 2 aromatic carbocycles. The van der Waals surface area contributed by atoms with Gasteiger partial charge in [-0.25, -0.2) is 0 Å². The molecule has 2 aliphatic heterocycles. The zero-order valence-electron chi connectivity index (χ0n) is 19.9. The first-order valence-electron chi connectivity index (χ1n) is 12.2. The number of carbonyl (C=O) groups excluding carboxylic acids is 1. The van der Waals surface area contributed by atoms with Gasteiger partial charge >= 0.3 is 6.61 Å². The summed E-state index contributed by atoms with van der Waals surface area (Å²) < 4.78 is 29.2. The van der Waals surface area contributed by atoms with Crippen molar-refractivity contribution in [2.75, 3.05) is 13.1 Å². The average Bonchev–Trinajstić information content (AvgIpc) is 3.17. The molecule has 0 unspecified atom stereocenters. The SMILES string of the molecule is O=C1c2c(Cl)cc(CC3CCN(Cc4ccncc4)CC3)cc2CN1Cc1ccc(OC(F)F)cc1. The van der Waals surface area contributed by atoms with E-state index in [4.69, 9.17) is 11.6 Å². The number of amides is 1. The lowest BCUT2D eigenvalue weighted by Gasteiger charge is -2.32. The van der Waals surface area contributed by atoms with Crippen LogP contribution < -0.4 is 4.74 Å². The summed E-state index contributed by atoms with van der Waals surface area (Å²) >= 11 is 6.59. The maximum atomic E-state index is 13.0. The maximum absolute atomic E-state index is 13.0. The van der Waals surface area contributed by atoms with Crippen molar-refractivity contribution in [2.45, 2.75) is 45.5 Å². The second kappa shape index (κ2) is 10.9. The molecule has 1 aromatic heterocycles. The molecule has 36 heavy (non-hydrogen) atoms. The minimum Gasteiger partial charge on any atom is -0.435 e. The molecule has 0 saturated carbocycles. The number of alkyl halides is 2. The van der Waals surface area contributed by atoms with Gasteiger partial charge in [0, 0.05) is 32.0 Å². The summed E-state index contributed by atoms with van der Waals surface area (Å²) in [7, 11) is 0. The first-order chi connectivity index (χ1) is 17.4. The molecule has 0 atom stereocenters. The number of hydrogen-bond acceptors (Lipinski definition) is 4. The van der Waals surface area contributed by atoms with E-state index < -0.39 is 6.61 Å². The highest BCUT2D eigenvalue weighted by atomic mass is 35.5. The number of likely N-dealkylation sites (tertiary alicyclic amines) is 1. The lowest BCUT2D eigenvalue weighted by atomic mass is 9.89. The Morgan fingerprint density at radius 1 is 0.972 bits per heavy atom. The second-order valence-corrected chi connectivity index (χ2v) is 9.98. The Bertz CT molecular complexity index is 1200. The molecule has 1 fully saturated rings. The molecular weight excluding hydrogens is 484 g/mol. The van der Waals surface area contributed by atoms with Crippen LogP contribution in [0.1, 0.15) is 45.5 Å². The molecule has 0 bridgehead atoms. The number of benzene rings is 2. The van der Waals surface area contributed by atoms with Gasteiger partial charge in [0.25, 0.3) is 5.91 Å². The number of pyridine rings is 1. The van der Waals surface area contributed by atoms with Crippen LogP contribution in [0.15, 0.2) is 60.9 Å². The Labute approximate surface area is 214 Å². The number of carbonyl (C=O) groups is 1. The first-order valence-corrected chi connectivity index (χ1v) is 12.6. The molecule has 0 radical (unpaired) electrons. The highest BCUT2D eigenvalue weighted by molar-refractivity contribution is 6.34. The molecule has 1 amide bonds. The smallest absolute Gasteiger partial charge is 0.387 e. The van der Waals surface area contributed by atoms with Crippen molar-refractivity contribution < 1.29 is 18.3 Å². The van der Waals surface area contributed by atoms with E-state index >= 15 is 0 Å². The minimum absolute atomic E-state index is 0.0978.